The van der Waals surface area contributed by atoms with Crippen LogP contribution >= 0.6 is 0 Å². The Morgan fingerprint density at radius 3 is 2.26 bits per heavy atom. The van der Waals surface area contributed by atoms with Gasteiger partial charge in [-0.2, -0.15) is 18.4 Å². The van der Waals surface area contributed by atoms with E-state index in [0.29, 0.717) is 18.7 Å². The molecule has 0 fully saturated rings. The first-order valence-corrected chi connectivity index (χ1v) is 6.98. The highest BCUT2D eigenvalue weighted by Crippen LogP contribution is 2.31. The van der Waals surface area contributed by atoms with Gasteiger partial charge in [-0.1, -0.05) is 24.3 Å². The van der Waals surface area contributed by atoms with Gasteiger partial charge in [-0.25, -0.2) is 0 Å². The number of hydrogen-bond acceptors (Lipinski definition) is 3. The van der Waals surface area contributed by atoms with Gasteiger partial charge < -0.3 is 10.4 Å². The van der Waals surface area contributed by atoms with Crippen molar-refractivity contribution in [1.82, 2.24) is 0 Å². The zero-order valence-corrected chi connectivity index (χ0v) is 12.2. The normalized spacial score (nSPS) is 11.1. The average Bonchev–Trinajstić information content (AvgIpc) is 2.54. The Hall–Kier alpha value is -2.52. The highest BCUT2D eigenvalue weighted by atomic mass is 19.4. The van der Waals surface area contributed by atoms with E-state index in [-0.39, 0.29) is 12.2 Å². The van der Waals surface area contributed by atoms with Crippen molar-refractivity contribution in [2.24, 2.45) is 0 Å². The summed E-state index contributed by atoms with van der Waals surface area (Å²) in [5, 5.41) is 20.9. The lowest BCUT2D eigenvalue weighted by atomic mass is 10.1. The Morgan fingerprint density at radius 2 is 1.70 bits per heavy atom. The molecule has 2 N–H and O–H groups in total. The van der Waals surface area contributed by atoms with Crippen LogP contribution in [0.3, 0.4) is 0 Å². The molecule has 0 atom stereocenters. The molecule has 2 aromatic rings. The summed E-state index contributed by atoms with van der Waals surface area (Å²) in [6, 6.07) is 12.2. The van der Waals surface area contributed by atoms with Gasteiger partial charge >= 0.3 is 6.18 Å². The topological polar surface area (TPSA) is 56.0 Å². The van der Waals surface area contributed by atoms with Gasteiger partial charge in [-0.05, 0) is 35.7 Å². The predicted octanol–water partition coefficient (Wildman–Crippen LogP) is 3.72. The van der Waals surface area contributed by atoms with E-state index in [1.165, 1.54) is 6.07 Å². The number of nitrogens with one attached hydrogen (secondary N) is 1. The first-order valence-electron chi connectivity index (χ1n) is 6.98. The van der Waals surface area contributed by atoms with Crippen LogP contribution in [0.2, 0.25) is 0 Å². The van der Waals surface area contributed by atoms with Gasteiger partial charge in [0.25, 0.3) is 0 Å². The number of aliphatic hydroxyl groups excluding tert-OH is 1. The highest BCUT2D eigenvalue weighted by Gasteiger charge is 2.31. The molecule has 0 heterocycles. The van der Waals surface area contributed by atoms with Crippen molar-refractivity contribution in [3.05, 3.63) is 64.7 Å². The lowest BCUT2D eigenvalue weighted by Crippen LogP contribution is -2.09. The summed E-state index contributed by atoms with van der Waals surface area (Å²) >= 11 is 0. The molecule has 0 aliphatic rings. The van der Waals surface area contributed by atoms with Crippen molar-refractivity contribution in [2.45, 2.75) is 19.2 Å². The van der Waals surface area contributed by atoms with Gasteiger partial charge in [0, 0.05) is 6.54 Å². The number of halogens is 3. The summed E-state index contributed by atoms with van der Waals surface area (Å²) in [5.41, 5.74) is 1.36. The Balaban J connectivity index is 2.01. The van der Waals surface area contributed by atoms with E-state index in [0.717, 1.165) is 23.3 Å². The molecule has 0 aliphatic heterocycles. The monoisotopic (exact) mass is 320 g/mol. The summed E-state index contributed by atoms with van der Waals surface area (Å²) in [5.74, 6) is 0. The summed E-state index contributed by atoms with van der Waals surface area (Å²) in [6.07, 6.45) is -3.81. The van der Waals surface area contributed by atoms with Crippen molar-refractivity contribution in [1.29, 1.82) is 5.26 Å². The van der Waals surface area contributed by atoms with E-state index in [4.69, 9.17) is 10.4 Å². The summed E-state index contributed by atoms with van der Waals surface area (Å²) in [6.45, 7) is 0.466. The second-order valence-corrected chi connectivity index (χ2v) is 5.02. The van der Waals surface area contributed by atoms with Gasteiger partial charge in [0.1, 0.15) is 6.07 Å². The standard InChI is InChI=1S/C17H15F3N2O/c18-17(19,20)15-5-6-16(14(9-15)10-21)22-8-7-12-1-3-13(11-23)4-2-12/h1-6,9,22-23H,7-8,11H2. The van der Waals surface area contributed by atoms with E-state index in [1.807, 2.05) is 24.3 Å². The summed E-state index contributed by atoms with van der Waals surface area (Å²) in [4.78, 5) is 0. The molecule has 0 unspecified atom stereocenters. The van der Waals surface area contributed by atoms with Crippen LogP contribution in [-0.2, 0) is 19.2 Å². The number of rotatable bonds is 5. The number of alkyl halides is 3. The maximum atomic E-state index is 12.6. The lowest BCUT2D eigenvalue weighted by Gasteiger charge is -2.12. The SMILES string of the molecule is N#Cc1cc(C(F)(F)F)ccc1NCCc1ccc(CO)cc1. The van der Waals surface area contributed by atoms with Crippen LogP contribution in [0.25, 0.3) is 0 Å². The maximum absolute atomic E-state index is 12.6. The molecule has 0 bridgehead atoms. The first kappa shape index (κ1) is 16.8. The van der Waals surface area contributed by atoms with Crippen molar-refractivity contribution in [3.8, 4) is 6.07 Å². The Bertz CT molecular complexity index is 703. The molecule has 0 saturated heterocycles. The smallest absolute Gasteiger partial charge is 0.392 e. The Labute approximate surface area is 132 Å². The van der Waals surface area contributed by atoms with E-state index in [9.17, 15) is 13.2 Å². The highest BCUT2D eigenvalue weighted by molar-refractivity contribution is 5.59. The van der Waals surface area contributed by atoms with Crippen LogP contribution in [0.1, 0.15) is 22.3 Å². The lowest BCUT2D eigenvalue weighted by molar-refractivity contribution is -0.137. The van der Waals surface area contributed by atoms with E-state index < -0.39 is 11.7 Å². The Kier molecular flexibility index (Phi) is 5.24. The largest absolute Gasteiger partial charge is 0.416 e. The van der Waals surface area contributed by atoms with Gasteiger partial charge in [0.05, 0.1) is 23.4 Å². The van der Waals surface area contributed by atoms with Crippen molar-refractivity contribution < 1.29 is 18.3 Å². The second kappa shape index (κ2) is 7.16. The Morgan fingerprint density at radius 1 is 1.04 bits per heavy atom. The summed E-state index contributed by atoms with van der Waals surface area (Å²) < 4.78 is 37.9. The number of nitriles is 1. The van der Waals surface area contributed by atoms with E-state index in [1.54, 1.807) is 6.07 Å². The fourth-order valence-electron chi connectivity index (χ4n) is 2.12. The molecule has 120 valence electrons. The number of aliphatic hydroxyl groups is 1. The number of nitrogens with zero attached hydrogens (tertiary/aromatic N) is 1. The zero-order chi connectivity index (χ0) is 16.9. The molecule has 0 amide bonds. The van der Waals surface area contributed by atoms with Crippen molar-refractivity contribution in [3.63, 3.8) is 0 Å². The fraction of sp³-hybridized carbons (Fsp3) is 0.235. The molecule has 0 spiro atoms. The van der Waals surface area contributed by atoms with Crippen molar-refractivity contribution in [2.75, 3.05) is 11.9 Å². The van der Waals surface area contributed by atoms with Crippen LogP contribution < -0.4 is 5.32 Å². The van der Waals surface area contributed by atoms with E-state index >= 15 is 0 Å². The minimum absolute atomic E-state index is 0.0182. The fourth-order valence-corrected chi connectivity index (χ4v) is 2.12. The minimum Gasteiger partial charge on any atom is -0.392 e. The van der Waals surface area contributed by atoms with Crippen LogP contribution in [0.5, 0.6) is 0 Å². The molecule has 2 aromatic carbocycles. The maximum Gasteiger partial charge on any atom is 0.416 e. The van der Waals surface area contributed by atoms with Gasteiger partial charge in [0.15, 0.2) is 0 Å². The molecule has 0 aliphatic carbocycles. The molecular weight excluding hydrogens is 305 g/mol. The third-order valence-corrected chi connectivity index (χ3v) is 3.40. The van der Waals surface area contributed by atoms with Crippen LogP contribution in [0.4, 0.5) is 18.9 Å². The van der Waals surface area contributed by atoms with Gasteiger partial charge in [-0.3, -0.25) is 0 Å². The quantitative estimate of drug-likeness (QED) is 0.883. The van der Waals surface area contributed by atoms with Crippen LogP contribution in [-0.4, -0.2) is 11.7 Å². The molecule has 0 aromatic heterocycles. The molecule has 0 radical (unpaired) electrons. The molecule has 3 nitrogen and oxygen atoms in total. The molecular formula is C17H15F3N2O. The van der Waals surface area contributed by atoms with Crippen LogP contribution in [0.15, 0.2) is 42.5 Å². The predicted molar refractivity (Wildman–Crippen MR) is 80.7 cm³/mol. The summed E-state index contributed by atoms with van der Waals surface area (Å²) in [7, 11) is 0. The third-order valence-electron chi connectivity index (χ3n) is 3.40. The molecule has 0 saturated carbocycles. The third kappa shape index (κ3) is 4.47. The average molecular weight is 320 g/mol. The first-order chi connectivity index (χ1) is 10.9. The van der Waals surface area contributed by atoms with Crippen molar-refractivity contribution >= 4 is 5.69 Å². The molecule has 6 heteroatoms. The minimum atomic E-state index is -4.46. The zero-order valence-electron chi connectivity index (χ0n) is 12.2. The molecule has 2 rings (SSSR count). The number of anilines is 1. The number of hydrogen-bond donors (Lipinski definition) is 2. The van der Waals surface area contributed by atoms with E-state index in [2.05, 4.69) is 5.32 Å². The number of benzene rings is 2. The second-order valence-electron chi connectivity index (χ2n) is 5.02. The van der Waals surface area contributed by atoms with Gasteiger partial charge in [-0.15, -0.1) is 0 Å². The van der Waals surface area contributed by atoms with Crippen LogP contribution in [0, 0.1) is 11.3 Å². The molecule has 23 heavy (non-hydrogen) atoms. The van der Waals surface area contributed by atoms with Gasteiger partial charge in [0.2, 0.25) is 0 Å².